The van der Waals surface area contributed by atoms with E-state index in [9.17, 15) is 9.90 Å². The average Bonchev–Trinajstić information content (AvgIpc) is 1.98. The van der Waals surface area contributed by atoms with E-state index in [0.29, 0.717) is 11.8 Å². The molecule has 14 heavy (non-hydrogen) atoms. The highest BCUT2D eigenvalue weighted by Crippen LogP contribution is 2.63. The molecule has 0 aliphatic heterocycles. The van der Waals surface area contributed by atoms with E-state index in [1.807, 2.05) is 0 Å². The van der Waals surface area contributed by atoms with Gasteiger partial charge in [-0.05, 0) is 50.4 Å². The number of hydrogen-bond donors (Lipinski definition) is 2. The molecular weight excluding hydrogens is 196 g/mol. The fourth-order valence-corrected chi connectivity index (χ4v) is 5.28. The Morgan fingerprint density at radius 1 is 1.21 bits per heavy atom. The van der Waals surface area contributed by atoms with Crippen molar-refractivity contribution in [1.82, 2.24) is 0 Å². The molecule has 2 nitrogen and oxygen atoms in total. The SMILES string of the molecule is O=C(O)C12C[C@H]3C[C@@H](CC(S)(C3)C1)C2. The molecule has 4 saturated carbocycles. The summed E-state index contributed by atoms with van der Waals surface area (Å²) < 4.78 is 0.0580. The van der Waals surface area contributed by atoms with Crippen LogP contribution in [0.2, 0.25) is 0 Å². The zero-order valence-electron chi connectivity index (χ0n) is 8.20. The minimum Gasteiger partial charge on any atom is -0.481 e. The molecule has 4 fully saturated rings. The lowest BCUT2D eigenvalue weighted by molar-refractivity contribution is -0.162. The number of carboxylic acids is 1. The molecular formula is C11H16O2S. The zero-order chi connectivity index (χ0) is 9.97. The van der Waals surface area contributed by atoms with Gasteiger partial charge in [0.25, 0.3) is 0 Å². The van der Waals surface area contributed by atoms with E-state index >= 15 is 0 Å². The molecule has 0 saturated heterocycles. The second-order valence-corrected chi connectivity index (χ2v) is 6.72. The molecule has 0 aromatic heterocycles. The second kappa shape index (κ2) is 2.49. The smallest absolute Gasteiger partial charge is 0.309 e. The van der Waals surface area contributed by atoms with Gasteiger partial charge in [-0.25, -0.2) is 0 Å². The summed E-state index contributed by atoms with van der Waals surface area (Å²) in [6.45, 7) is 0. The molecule has 4 rings (SSSR count). The standard InChI is InChI=1S/C11H16O2S/c12-9(13)10-2-7-1-8(3-10)5-11(14,4-7)6-10/h7-8,14H,1-6H2,(H,12,13)/t7-,8-,10?,11?/m1/s1. The fraction of sp³-hybridized carbons (Fsp3) is 0.909. The Morgan fingerprint density at radius 2 is 1.79 bits per heavy atom. The van der Waals surface area contributed by atoms with Gasteiger partial charge in [-0.15, -0.1) is 0 Å². The topological polar surface area (TPSA) is 37.3 Å². The van der Waals surface area contributed by atoms with Crippen molar-refractivity contribution in [2.24, 2.45) is 17.3 Å². The molecule has 0 spiro atoms. The maximum atomic E-state index is 11.4. The molecule has 4 bridgehead atoms. The lowest BCUT2D eigenvalue weighted by atomic mass is 9.49. The minimum absolute atomic E-state index is 0.0580. The molecule has 2 atom stereocenters. The summed E-state index contributed by atoms with van der Waals surface area (Å²) in [5.41, 5.74) is -0.397. The maximum Gasteiger partial charge on any atom is 0.309 e. The van der Waals surface area contributed by atoms with Crippen LogP contribution in [0.5, 0.6) is 0 Å². The van der Waals surface area contributed by atoms with Crippen LogP contribution in [0.25, 0.3) is 0 Å². The number of rotatable bonds is 1. The summed E-state index contributed by atoms with van der Waals surface area (Å²) in [6.07, 6.45) is 6.22. The van der Waals surface area contributed by atoms with E-state index < -0.39 is 11.4 Å². The lowest BCUT2D eigenvalue weighted by Crippen LogP contribution is -2.56. The van der Waals surface area contributed by atoms with Crippen molar-refractivity contribution >= 4 is 18.6 Å². The lowest BCUT2D eigenvalue weighted by Gasteiger charge is -2.58. The highest BCUT2D eigenvalue weighted by Gasteiger charge is 2.59. The number of thiol groups is 1. The number of carbonyl (C=O) groups is 1. The summed E-state index contributed by atoms with van der Waals surface area (Å²) in [4.78, 5) is 11.4. The highest BCUT2D eigenvalue weighted by molar-refractivity contribution is 7.81. The monoisotopic (exact) mass is 212 g/mol. The van der Waals surface area contributed by atoms with Crippen LogP contribution in [0.15, 0.2) is 0 Å². The van der Waals surface area contributed by atoms with Gasteiger partial charge in [-0.3, -0.25) is 4.79 Å². The van der Waals surface area contributed by atoms with Crippen molar-refractivity contribution in [2.45, 2.75) is 43.3 Å². The van der Waals surface area contributed by atoms with Crippen molar-refractivity contribution in [3.63, 3.8) is 0 Å². The average molecular weight is 212 g/mol. The van der Waals surface area contributed by atoms with Crippen LogP contribution in [0.3, 0.4) is 0 Å². The molecule has 0 aromatic carbocycles. The molecule has 3 heteroatoms. The van der Waals surface area contributed by atoms with Gasteiger partial charge in [-0.1, -0.05) is 0 Å². The van der Waals surface area contributed by atoms with Gasteiger partial charge >= 0.3 is 5.97 Å². The van der Waals surface area contributed by atoms with Crippen molar-refractivity contribution < 1.29 is 9.90 Å². The van der Waals surface area contributed by atoms with Gasteiger partial charge in [0.05, 0.1) is 5.41 Å². The first-order chi connectivity index (χ1) is 6.51. The van der Waals surface area contributed by atoms with Gasteiger partial charge in [0.15, 0.2) is 0 Å². The third-order valence-corrected chi connectivity index (χ3v) is 5.01. The van der Waals surface area contributed by atoms with Crippen LogP contribution in [-0.4, -0.2) is 15.8 Å². The summed E-state index contributed by atoms with van der Waals surface area (Å²) in [7, 11) is 0. The molecule has 4 aliphatic carbocycles. The van der Waals surface area contributed by atoms with Crippen molar-refractivity contribution in [3.8, 4) is 0 Å². The van der Waals surface area contributed by atoms with Gasteiger partial charge in [0, 0.05) is 4.75 Å². The first kappa shape index (κ1) is 9.08. The molecule has 78 valence electrons. The van der Waals surface area contributed by atoms with E-state index in [2.05, 4.69) is 0 Å². The molecule has 1 N–H and O–H groups in total. The van der Waals surface area contributed by atoms with Crippen LogP contribution in [0.1, 0.15) is 38.5 Å². The predicted octanol–water partition coefficient (Wildman–Crippen LogP) is 2.34. The summed E-state index contributed by atoms with van der Waals surface area (Å²) >= 11 is 4.74. The van der Waals surface area contributed by atoms with E-state index in [1.165, 1.54) is 6.42 Å². The highest BCUT2D eigenvalue weighted by atomic mass is 32.1. The largest absolute Gasteiger partial charge is 0.481 e. The molecule has 0 amide bonds. The normalized spacial score (nSPS) is 54.9. The Morgan fingerprint density at radius 3 is 2.21 bits per heavy atom. The third-order valence-electron chi connectivity index (χ3n) is 4.48. The maximum absolute atomic E-state index is 11.4. The molecule has 0 heterocycles. The summed E-state index contributed by atoms with van der Waals surface area (Å²) in [5.74, 6) is 0.722. The summed E-state index contributed by atoms with van der Waals surface area (Å²) in [5, 5.41) is 9.36. The van der Waals surface area contributed by atoms with Crippen LogP contribution < -0.4 is 0 Å². The Balaban J connectivity index is 2.00. The van der Waals surface area contributed by atoms with E-state index in [-0.39, 0.29) is 4.75 Å². The van der Waals surface area contributed by atoms with Crippen LogP contribution in [0, 0.1) is 17.3 Å². The van der Waals surface area contributed by atoms with Gasteiger partial charge in [-0.2, -0.15) is 12.6 Å². The first-order valence-corrected chi connectivity index (χ1v) is 5.92. The van der Waals surface area contributed by atoms with Crippen molar-refractivity contribution in [2.75, 3.05) is 0 Å². The van der Waals surface area contributed by atoms with E-state index in [4.69, 9.17) is 12.6 Å². The molecule has 0 aromatic rings. The predicted molar refractivity (Wildman–Crippen MR) is 56.5 cm³/mol. The zero-order valence-corrected chi connectivity index (χ0v) is 9.09. The van der Waals surface area contributed by atoms with Crippen LogP contribution in [0.4, 0.5) is 0 Å². The number of hydrogen-bond acceptors (Lipinski definition) is 2. The van der Waals surface area contributed by atoms with Gasteiger partial charge < -0.3 is 5.11 Å². The Labute approximate surface area is 89.5 Å². The third kappa shape index (κ3) is 1.08. The van der Waals surface area contributed by atoms with Gasteiger partial charge in [0.2, 0.25) is 0 Å². The number of carboxylic acid groups (broad SMARTS) is 1. The van der Waals surface area contributed by atoms with Crippen molar-refractivity contribution in [1.29, 1.82) is 0 Å². The van der Waals surface area contributed by atoms with E-state index in [1.54, 1.807) is 0 Å². The van der Waals surface area contributed by atoms with Gasteiger partial charge in [0.1, 0.15) is 0 Å². The minimum atomic E-state index is -0.565. The summed E-state index contributed by atoms with van der Waals surface area (Å²) in [6, 6.07) is 0. The van der Waals surface area contributed by atoms with Crippen molar-refractivity contribution in [3.05, 3.63) is 0 Å². The Kier molecular flexibility index (Phi) is 1.61. The molecule has 0 radical (unpaired) electrons. The van der Waals surface area contributed by atoms with Crippen LogP contribution >= 0.6 is 12.6 Å². The Hall–Kier alpha value is -0.180. The quantitative estimate of drug-likeness (QED) is 0.655. The second-order valence-electron chi connectivity index (χ2n) is 5.77. The first-order valence-electron chi connectivity index (χ1n) is 5.47. The van der Waals surface area contributed by atoms with E-state index in [0.717, 1.165) is 32.1 Å². The molecule has 0 unspecified atom stereocenters. The Bertz CT molecular complexity index is 286. The van der Waals surface area contributed by atoms with Crippen LogP contribution in [-0.2, 0) is 4.79 Å². The number of aliphatic carboxylic acids is 1. The molecule has 4 aliphatic rings. The fourth-order valence-electron chi connectivity index (χ4n) is 4.46.